The molecule has 2 aromatic carbocycles. The van der Waals surface area contributed by atoms with E-state index in [0.29, 0.717) is 24.6 Å². The van der Waals surface area contributed by atoms with Crippen molar-refractivity contribution >= 4 is 23.5 Å². The van der Waals surface area contributed by atoms with Crippen LogP contribution in [0.15, 0.2) is 82.6 Å². The maximum absolute atomic E-state index is 6.21. The number of aromatic nitrogens is 2. The number of nitrogens with zero attached hydrogens (tertiary/aromatic N) is 2. The fraction of sp³-hybridized carbons (Fsp3) is 0.185. The molecule has 34 heavy (non-hydrogen) atoms. The first kappa shape index (κ1) is 25.2. The predicted octanol–water partition coefficient (Wildman–Crippen LogP) is 6.10. The predicted molar refractivity (Wildman–Crippen MR) is 133 cm³/mol. The second-order valence-electron chi connectivity index (χ2n) is 7.41. The van der Waals surface area contributed by atoms with Gasteiger partial charge in [0.1, 0.15) is 0 Å². The molecule has 4 aromatic rings. The first-order valence-electron chi connectivity index (χ1n) is 10.6. The third-order valence-electron chi connectivity index (χ3n) is 5.44. The van der Waals surface area contributed by atoms with Gasteiger partial charge in [0, 0.05) is 0 Å². The van der Waals surface area contributed by atoms with E-state index >= 15 is 0 Å². The van der Waals surface area contributed by atoms with Crippen LogP contribution in [0, 0.1) is 12.1 Å². The van der Waals surface area contributed by atoms with Crippen molar-refractivity contribution in [2.45, 2.75) is 15.6 Å². The van der Waals surface area contributed by atoms with Gasteiger partial charge in [-0.25, -0.2) is 0 Å². The van der Waals surface area contributed by atoms with Gasteiger partial charge >= 0.3 is 21.1 Å². The number of hydrogen-bond acceptors (Lipinski definition) is 6. The molecule has 0 atom stereocenters. The third-order valence-corrected chi connectivity index (χ3v) is 6.89. The molecule has 5 rings (SSSR count). The first-order valence-corrected chi connectivity index (χ1v) is 13.0. The van der Waals surface area contributed by atoms with Gasteiger partial charge in [-0.2, -0.15) is 0 Å². The molecule has 3 heterocycles. The minimum absolute atomic E-state index is 0. The molecule has 0 bridgehead atoms. The quantitative estimate of drug-likeness (QED) is 0.183. The summed E-state index contributed by atoms with van der Waals surface area (Å²) < 4.78 is 12.4. The number of rotatable bonds is 6. The van der Waals surface area contributed by atoms with Crippen LogP contribution in [0.3, 0.4) is 0 Å². The SMILES string of the molecule is CSc1cc[c-]c(-c2cccc(C3(c4cccc(-c5[c-]ccc(SC)c5)n4)OCCO3)n2)c1.[Pt+2]. The van der Waals surface area contributed by atoms with Crippen molar-refractivity contribution in [3.8, 4) is 22.5 Å². The van der Waals surface area contributed by atoms with Crippen LogP contribution < -0.4 is 0 Å². The molecule has 0 spiro atoms. The monoisotopic (exact) mass is 665 g/mol. The van der Waals surface area contributed by atoms with Crippen LogP contribution in [0.1, 0.15) is 11.4 Å². The van der Waals surface area contributed by atoms with Crippen molar-refractivity contribution in [3.63, 3.8) is 0 Å². The molecule has 1 aliphatic heterocycles. The summed E-state index contributed by atoms with van der Waals surface area (Å²) in [6, 6.07) is 30.5. The van der Waals surface area contributed by atoms with Crippen LogP contribution in [0.5, 0.6) is 0 Å². The van der Waals surface area contributed by atoms with E-state index in [4.69, 9.17) is 19.4 Å². The second-order valence-corrected chi connectivity index (χ2v) is 9.17. The molecule has 2 aromatic heterocycles. The van der Waals surface area contributed by atoms with E-state index in [9.17, 15) is 0 Å². The van der Waals surface area contributed by atoms with Crippen molar-refractivity contribution in [2.24, 2.45) is 0 Å². The summed E-state index contributed by atoms with van der Waals surface area (Å²) in [4.78, 5) is 12.2. The number of pyridine rings is 2. The summed E-state index contributed by atoms with van der Waals surface area (Å²) in [5.74, 6) is -1.15. The Balaban J connectivity index is 0.00000274. The molecule has 0 saturated carbocycles. The van der Waals surface area contributed by atoms with Gasteiger partial charge in [0.2, 0.25) is 0 Å². The Hall–Kier alpha value is -1.95. The Bertz CT molecular complexity index is 1190. The van der Waals surface area contributed by atoms with Gasteiger partial charge in [-0.15, -0.1) is 83.2 Å². The summed E-state index contributed by atoms with van der Waals surface area (Å²) >= 11 is 3.39. The van der Waals surface area contributed by atoms with Gasteiger partial charge in [0.15, 0.2) is 0 Å². The van der Waals surface area contributed by atoms with Crippen molar-refractivity contribution < 1.29 is 30.5 Å². The summed E-state index contributed by atoms with van der Waals surface area (Å²) in [6.07, 6.45) is 4.12. The first-order chi connectivity index (χ1) is 16.2. The minimum atomic E-state index is -1.15. The maximum atomic E-state index is 6.21. The summed E-state index contributed by atoms with van der Waals surface area (Å²) in [7, 11) is 0. The number of thioether (sulfide) groups is 2. The van der Waals surface area contributed by atoms with E-state index in [2.05, 4.69) is 36.8 Å². The molecule has 0 N–H and O–H groups in total. The van der Waals surface area contributed by atoms with E-state index in [1.54, 1.807) is 23.5 Å². The largest absolute Gasteiger partial charge is 2.00 e. The second kappa shape index (κ2) is 11.2. The fourth-order valence-electron chi connectivity index (χ4n) is 3.82. The van der Waals surface area contributed by atoms with Gasteiger partial charge < -0.3 is 9.47 Å². The normalized spacial score (nSPS) is 14.5. The number of hydrogen-bond donors (Lipinski definition) is 0. The average Bonchev–Trinajstić information content (AvgIpc) is 3.40. The molecular formula is C27H22N2O2PtS2. The van der Waals surface area contributed by atoms with E-state index in [1.807, 2.05) is 60.7 Å². The molecular weight excluding hydrogens is 644 g/mol. The van der Waals surface area contributed by atoms with Gasteiger partial charge in [0.25, 0.3) is 5.79 Å². The molecule has 7 heteroatoms. The van der Waals surface area contributed by atoms with Gasteiger partial charge in [0.05, 0.1) is 24.6 Å². The van der Waals surface area contributed by atoms with Crippen LogP contribution in [0.25, 0.3) is 22.5 Å². The van der Waals surface area contributed by atoms with E-state index in [0.717, 1.165) is 32.3 Å². The topological polar surface area (TPSA) is 44.2 Å². The number of ether oxygens (including phenoxy) is 2. The van der Waals surface area contributed by atoms with Crippen molar-refractivity contribution in [3.05, 3.63) is 96.3 Å². The zero-order valence-corrected chi connectivity index (χ0v) is 22.6. The molecule has 0 aliphatic carbocycles. The average molecular weight is 666 g/mol. The van der Waals surface area contributed by atoms with Gasteiger partial charge in [-0.05, 0) is 36.0 Å². The standard InChI is InChI=1S/C27H22N2O2S2.Pt/c1-32-21-9-3-7-19(17-21)23-11-5-13-25(28-23)27(30-15-16-31-27)26-14-6-12-24(29-26)20-8-4-10-22(18-20)33-2;/h3-6,9-14,17-18H,15-16H2,1-2H3;/q-2;+2. The van der Waals surface area contributed by atoms with Crippen LogP contribution in [0.2, 0.25) is 0 Å². The van der Waals surface area contributed by atoms with Gasteiger partial charge in [-0.1, -0.05) is 34.1 Å². The Kier molecular flexibility index (Phi) is 8.28. The molecule has 1 saturated heterocycles. The molecule has 4 nitrogen and oxygen atoms in total. The number of benzene rings is 2. The van der Waals surface area contributed by atoms with Crippen LogP contribution in [-0.2, 0) is 36.3 Å². The molecule has 0 radical (unpaired) electrons. The third kappa shape index (κ3) is 5.02. The van der Waals surface area contributed by atoms with E-state index < -0.39 is 5.79 Å². The van der Waals surface area contributed by atoms with E-state index in [-0.39, 0.29) is 21.1 Å². The zero-order chi connectivity index (χ0) is 22.7. The summed E-state index contributed by atoms with van der Waals surface area (Å²) in [5, 5.41) is 0. The minimum Gasteiger partial charge on any atom is -0.337 e. The van der Waals surface area contributed by atoms with Crippen LogP contribution in [0.4, 0.5) is 0 Å². The molecule has 0 amide bonds. The molecule has 0 unspecified atom stereocenters. The Morgan fingerprint density at radius 1 is 0.735 bits per heavy atom. The summed E-state index contributed by atoms with van der Waals surface area (Å²) in [6.45, 7) is 0.944. The molecule has 1 fully saturated rings. The smallest absolute Gasteiger partial charge is 0.337 e. The Morgan fingerprint density at radius 2 is 1.21 bits per heavy atom. The molecule has 174 valence electrons. The van der Waals surface area contributed by atoms with Crippen LogP contribution in [-0.4, -0.2) is 35.7 Å². The van der Waals surface area contributed by atoms with Crippen molar-refractivity contribution in [2.75, 3.05) is 25.7 Å². The van der Waals surface area contributed by atoms with Crippen LogP contribution >= 0.6 is 23.5 Å². The Morgan fingerprint density at radius 3 is 1.65 bits per heavy atom. The van der Waals surface area contributed by atoms with Gasteiger partial charge in [-0.3, -0.25) is 9.97 Å². The Labute approximate surface area is 223 Å². The maximum Gasteiger partial charge on any atom is 2.00 e. The van der Waals surface area contributed by atoms with Crippen molar-refractivity contribution in [1.29, 1.82) is 0 Å². The van der Waals surface area contributed by atoms with E-state index in [1.165, 1.54) is 0 Å². The van der Waals surface area contributed by atoms with Crippen molar-refractivity contribution in [1.82, 2.24) is 9.97 Å². The fourth-order valence-corrected chi connectivity index (χ4v) is 4.70. The molecule has 1 aliphatic rings. The summed E-state index contributed by atoms with van der Waals surface area (Å²) in [5.41, 5.74) is 4.85. The zero-order valence-electron chi connectivity index (χ0n) is 18.7.